The fourth-order valence-corrected chi connectivity index (χ4v) is 2.48. The van der Waals surface area contributed by atoms with E-state index in [1.807, 2.05) is 13.8 Å². The zero-order valence-electron chi connectivity index (χ0n) is 7.61. The molecule has 2 aliphatic rings. The number of fused-ring (bicyclic) bond motifs is 2. The Morgan fingerprint density at radius 2 is 1.60 bits per heavy atom. The first-order valence-electron chi connectivity index (χ1n) is 4.79. The second-order valence-corrected chi connectivity index (χ2v) is 3.96. The molecule has 2 bridgehead atoms. The zero-order valence-corrected chi connectivity index (χ0v) is 7.61. The highest BCUT2D eigenvalue weighted by atomic mass is 14.5. The van der Waals surface area contributed by atoms with Gasteiger partial charge in [-0.2, -0.15) is 0 Å². The minimum Gasteiger partial charge on any atom is -0.0683 e. The van der Waals surface area contributed by atoms with Crippen LogP contribution in [-0.2, 0) is 0 Å². The third-order valence-corrected chi connectivity index (χ3v) is 3.09. The Bertz CT molecular complexity index is 96.6. The maximum atomic E-state index is 2.46. The Balaban J connectivity index is 0.000000231. The van der Waals surface area contributed by atoms with E-state index in [0.717, 1.165) is 11.3 Å². The van der Waals surface area contributed by atoms with Gasteiger partial charge in [-0.05, 0) is 43.4 Å². The van der Waals surface area contributed by atoms with Crippen molar-refractivity contribution in [3.05, 3.63) is 0 Å². The SMILES string of the molecule is CC.CC12CCC(CC1)C2. The molecular weight excluding hydrogens is 120 g/mol. The molecule has 0 nitrogen and oxygen atoms in total. The third kappa shape index (κ3) is 1.36. The molecule has 2 rings (SSSR count). The van der Waals surface area contributed by atoms with Gasteiger partial charge in [0.25, 0.3) is 0 Å². The Kier molecular flexibility index (Phi) is 2.38. The van der Waals surface area contributed by atoms with Crippen molar-refractivity contribution in [3.63, 3.8) is 0 Å². The molecule has 0 amide bonds. The van der Waals surface area contributed by atoms with Crippen LogP contribution in [-0.4, -0.2) is 0 Å². The largest absolute Gasteiger partial charge is 0.0683 e. The normalized spacial score (nSPS) is 42.9. The second-order valence-electron chi connectivity index (χ2n) is 3.96. The van der Waals surface area contributed by atoms with Crippen molar-refractivity contribution in [2.45, 2.75) is 52.9 Å². The lowest BCUT2D eigenvalue weighted by Crippen LogP contribution is -2.06. The van der Waals surface area contributed by atoms with E-state index in [4.69, 9.17) is 0 Å². The van der Waals surface area contributed by atoms with Crippen molar-refractivity contribution in [1.29, 1.82) is 0 Å². The van der Waals surface area contributed by atoms with Crippen molar-refractivity contribution in [1.82, 2.24) is 0 Å². The van der Waals surface area contributed by atoms with Gasteiger partial charge in [-0.1, -0.05) is 20.8 Å². The van der Waals surface area contributed by atoms with Crippen LogP contribution in [0, 0.1) is 11.3 Å². The lowest BCUT2D eigenvalue weighted by atomic mass is 9.87. The molecule has 0 aromatic rings. The smallest absolute Gasteiger partial charge is 0.0323 e. The van der Waals surface area contributed by atoms with Crippen molar-refractivity contribution in [2.24, 2.45) is 11.3 Å². The maximum Gasteiger partial charge on any atom is -0.0323 e. The highest BCUT2D eigenvalue weighted by molar-refractivity contribution is 4.92. The lowest BCUT2D eigenvalue weighted by molar-refractivity contribution is 0.332. The summed E-state index contributed by atoms with van der Waals surface area (Å²) in [5, 5.41) is 0. The molecule has 0 heteroatoms. The van der Waals surface area contributed by atoms with E-state index >= 15 is 0 Å². The van der Waals surface area contributed by atoms with Crippen LogP contribution in [0.15, 0.2) is 0 Å². The topological polar surface area (TPSA) is 0 Å². The molecule has 0 spiro atoms. The van der Waals surface area contributed by atoms with E-state index in [9.17, 15) is 0 Å². The predicted molar refractivity (Wildman–Crippen MR) is 46.0 cm³/mol. The van der Waals surface area contributed by atoms with E-state index in [1.165, 1.54) is 25.7 Å². The molecule has 0 aliphatic heterocycles. The van der Waals surface area contributed by atoms with Gasteiger partial charge in [-0.3, -0.25) is 0 Å². The molecular formula is C10H20. The van der Waals surface area contributed by atoms with Crippen molar-refractivity contribution < 1.29 is 0 Å². The summed E-state index contributed by atoms with van der Waals surface area (Å²) in [4.78, 5) is 0. The Labute approximate surface area is 65.0 Å². The standard InChI is InChI=1S/C8H14.C2H6/c1-8-4-2-7(6-8)3-5-8;1-2/h7H,2-6H2,1H3;1-2H3. The summed E-state index contributed by atoms with van der Waals surface area (Å²) in [7, 11) is 0. The van der Waals surface area contributed by atoms with Gasteiger partial charge in [-0.15, -0.1) is 0 Å². The number of hydrogen-bond donors (Lipinski definition) is 0. The van der Waals surface area contributed by atoms with Gasteiger partial charge in [-0.25, -0.2) is 0 Å². The molecule has 0 atom stereocenters. The molecule has 2 fully saturated rings. The molecule has 0 aromatic carbocycles. The summed E-state index contributed by atoms with van der Waals surface area (Å²) >= 11 is 0. The molecule has 60 valence electrons. The molecule has 0 heterocycles. The number of rotatable bonds is 0. The first-order chi connectivity index (χ1) is 4.79. The molecule has 0 saturated heterocycles. The molecule has 10 heavy (non-hydrogen) atoms. The van der Waals surface area contributed by atoms with Crippen LogP contribution in [0.4, 0.5) is 0 Å². The summed E-state index contributed by atoms with van der Waals surface area (Å²) in [5.74, 6) is 1.14. The van der Waals surface area contributed by atoms with Crippen molar-refractivity contribution in [2.75, 3.05) is 0 Å². The van der Waals surface area contributed by atoms with Gasteiger partial charge < -0.3 is 0 Å². The summed E-state index contributed by atoms with van der Waals surface area (Å²) in [6, 6.07) is 0. The molecule has 0 radical (unpaired) electrons. The minimum absolute atomic E-state index is 0.810. The highest BCUT2D eigenvalue weighted by Crippen LogP contribution is 2.53. The summed E-state index contributed by atoms with van der Waals surface area (Å²) in [6.07, 6.45) is 7.68. The molecule has 0 unspecified atom stereocenters. The van der Waals surface area contributed by atoms with E-state index in [2.05, 4.69) is 6.92 Å². The van der Waals surface area contributed by atoms with E-state index < -0.39 is 0 Å². The first kappa shape index (κ1) is 8.10. The van der Waals surface area contributed by atoms with Gasteiger partial charge in [0.15, 0.2) is 0 Å². The van der Waals surface area contributed by atoms with E-state index in [-0.39, 0.29) is 0 Å². The predicted octanol–water partition coefficient (Wildman–Crippen LogP) is 3.61. The average molecular weight is 140 g/mol. The van der Waals surface area contributed by atoms with Crippen LogP contribution in [0.3, 0.4) is 0 Å². The molecule has 0 aromatic heterocycles. The summed E-state index contributed by atoms with van der Waals surface area (Å²) in [5.41, 5.74) is 0.810. The fourth-order valence-electron chi connectivity index (χ4n) is 2.48. The van der Waals surface area contributed by atoms with Crippen molar-refractivity contribution in [3.8, 4) is 0 Å². The maximum absolute atomic E-state index is 2.46. The van der Waals surface area contributed by atoms with Gasteiger partial charge in [0.2, 0.25) is 0 Å². The van der Waals surface area contributed by atoms with Crippen LogP contribution in [0.1, 0.15) is 52.9 Å². The molecule has 2 saturated carbocycles. The first-order valence-corrected chi connectivity index (χ1v) is 4.79. The summed E-state index contributed by atoms with van der Waals surface area (Å²) < 4.78 is 0. The van der Waals surface area contributed by atoms with E-state index in [0.29, 0.717) is 0 Å². The molecule has 2 aliphatic carbocycles. The minimum atomic E-state index is 0.810. The Morgan fingerprint density at radius 1 is 1.10 bits per heavy atom. The van der Waals surface area contributed by atoms with E-state index in [1.54, 1.807) is 6.42 Å². The monoisotopic (exact) mass is 140 g/mol. The highest BCUT2D eigenvalue weighted by Gasteiger charge is 2.40. The zero-order chi connectivity index (χ0) is 7.61. The fraction of sp³-hybridized carbons (Fsp3) is 1.00. The van der Waals surface area contributed by atoms with Gasteiger partial charge in [0, 0.05) is 0 Å². The van der Waals surface area contributed by atoms with Gasteiger partial charge in [0.1, 0.15) is 0 Å². The number of hydrogen-bond acceptors (Lipinski definition) is 0. The van der Waals surface area contributed by atoms with Crippen LogP contribution in [0.25, 0.3) is 0 Å². The van der Waals surface area contributed by atoms with Crippen LogP contribution in [0.2, 0.25) is 0 Å². The van der Waals surface area contributed by atoms with Crippen LogP contribution >= 0.6 is 0 Å². The lowest BCUT2D eigenvalue weighted by Gasteiger charge is -2.18. The van der Waals surface area contributed by atoms with Gasteiger partial charge >= 0.3 is 0 Å². The van der Waals surface area contributed by atoms with Gasteiger partial charge in [0.05, 0.1) is 0 Å². The van der Waals surface area contributed by atoms with Crippen LogP contribution in [0.5, 0.6) is 0 Å². The summed E-state index contributed by atoms with van der Waals surface area (Å²) in [6.45, 7) is 6.46. The van der Waals surface area contributed by atoms with Crippen molar-refractivity contribution >= 4 is 0 Å². The average Bonchev–Trinajstić information content (AvgIpc) is 2.49. The third-order valence-electron chi connectivity index (χ3n) is 3.09. The second kappa shape index (κ2) is 2.94. The van der Waals surface area contributed by atoms with Crippen LogP contribution < -0.4 is 0 Å². The molecule has 0 N–H and O–H groups in total. The Morgan fingerprint density at radius 3 is 1.70 bits per heavy atom. The Hall–Kier alpha value is 0. The quantitative estimate of drug-likeness (QED) is 0.482.